The van der Waals surface area contributed by atoms with Crippen molar-refractivity contribution in [1.29, 1.82) is 0 Å². The highest BCUT2D eigenvalue weighted by Gasteiger charge is 2.05. The number of fused-ring (bicyclic) bond motifs is 4. The summed E-state index contributed by atoms with van der Waals surface area (Å²) in [5.74, 6) is 0. The molecule has 8 rings (SSSR count). The molecule has 0 spiro atoms. The molecule has 0 unspecified atom stereocenters. The molecule has 4 aromatic carbocycles. The molecule has 0 bridgehead atoms. The quantitative estimate of drug-likeness (QED) is 0.149. The van der Waals surface area contributed by atoms with Gasteiger partial charge in [-0.15, -0.1) is 45.3 Å². The van der Waals surface area contributed by atoms with Crippen molar-refractivity contribution in [3.63, 3.8) is 0 Å². The fourth-order valence-electron chi connectivity index (χ4n) is 6.01. The minimum absolute atomic E-state index is 1.35. The Hall–Kier alpha value is -3.28. The van der Waals surface area contributed by atoms with E-state index in [9.17, 15) is 0 Å². The van der Waals surface area contributed by atoms with Crippen molar-refractivity contribution in [1.82, 2.24) is 0 Å². The third-order valence-corrected chi connectivity index (χ3v) is 13.2. The molecule has 0 amide bonds. The topological polar surface area (TPSA) is 0 Å². The first-order chi connectivity index (χ1) is 22.3. The van der Waals surface area contributed by atoms with E-state index in [1.165, 1.54) is 102 Å². The van der Waals surface area contributed by atoms with Crippen molar-refractivity contribution in [3.05, 3.63) is 137 Å². The van der Waals surface area contributed by atoms with Gasteiger partial charge in [0.2, 0.25) is 0 Å². The Bertz CT molecular complexity index is 2310. The van der Waals surface area contributed by atoms with Crippen LogP contribution in [0.25, 0.3) is 40.3 Å². The van der Waals surface area contributed by atoms with Crippen molar-refractivity contribution >= 4 is 85.7 Å². The van der Waals surface area contributed by atoms with E-state index in [-0.39, 0.29) is 0 Å². The predicted octanol–water partition coefficient (Wildman–Crippen LogP) is 15.0. The van der Waals surface area contributed by atoms with Crippen molar-refractivity contribution in [3.8, 4) is 0 Å². The molecule has 0 nitrogen and oxygen atoms in total. The second-order valence-corrected chi connectivity index (χ2v) is 16.6. The summed E-state index contributed by atoms with van der Waals surface area (Å²) in [5.41, 5.74) is 15.3. The Morgan fingerprint density at radius 3 is 1.55 bits per heavy atom. The summed E-state index contributed by atoms with van der Waals surface area (Å²) < 4.78 is 5.65. The SMILES string of the molecule is Cc1cc(C)c2c(C)csc2c1.Cc1cc2scc(C)c2cc1C.Cc1ccc2c(C)csc2c1.Cc1ccc2scc(C)c2c1C. The van der Waals surface area contributed by atoms with Crippen LogP contribution in [0.1, 0.15) is 61.2 Å². The molecule has 0 fully saturated rings. The Kier molecular flexibility index (Phi) is 11.1. The van der Waals surface area contributed by atoms with Crippen LogP contribution in [0.3, 0.4) is 0 Å². The number of thiophene rings is 4. The monoisotopic (exact) mass is 690 g/mol. The highest BCUT2D eigenvalue weighted by Crippen LogP contribution is 2.31. The third-order valence-electron chi connectivity index (χ3n) is 8.96. The molecule has 47 heavy (non-hydrogen) atoms. The van der Waals surface area contributed by atoms with Gasteiger partial charge in [-0.05, 0) is 205 Å². The van der Waals surface area contributed by atoms with Crippen LogP contribution in [-0.4, -0.2) is 0 Å². The number of rotatable bonds is 0. The first kappa shape index (κ1) is 35.0. The van der Waals surface area contributed by atoms with Gasteiger partial charge in [0, 0.05) is 18.8 Å². The molecule has 0 aliphatic carbocycles. The van der Waals surface area contributed by atoms with Crippen LogP contribution >= 0.6 is 45.3 Å². The fraction of sp³-hybridized carbons (Fsp3) is 0.256. The average molecular weight is 691 g/mol. The van der Waals surface area contributed by atoms with Crippen LogP contribution in [0.4, 0.5) is 0 Å². The Morgan fingerprint density at radius 2 is 0.851 bits per heavy atom. The zero-order valence-electron chi connectivity index (χ0n) is 29.6. The van der Waals surface area contributed by atoms with E-state index >= 15 is 0 Å². The van der Waals surface area contributed by atoms with E-state index in [2.05, 4.69) is 152 Å². The van der Waals surface area contributed by atoms with Crippen LogP contribution in [0.2, 0.25) is 0 Å². The molecule has 242 valence electrons. The van der Waals surface area contributed by atoms with Crippen LogP contribution in [-0.2, 0) is 0 Å². The van der Waals surface area contributed by atoms with Crippen molar-refractivity contribution in [2.75, 3.05) is 0 Å². The third kappa shape index (κ3) is 7.90. The van der Waals surface area contributed by atoms with Gasteiger partial charge in [-0.3, -0.25) is 0 Å². The maximum absolute atomic E-state index is 2.29. The molecule has 8 aromatic rings. The Morgan fingerprint density at radius 1 is 0.319 bits per heavy atom. The first-order valence-corrected chi connectivity index (χ1v) is 19.6. The summed E-state index contributed by atoms with van der Waals surface area (Å²) in [6.45, 7) is 23.9. The van der Waals surface area contributed by atoms with Crippen LogP contribution < -0.4 is 0 Å². The van der Waals surface area contributed by atoms with Gasteiger partial charge in [0.05, 0.1) is 0 Å². The average Bonchev–Trinajstić information content (AvgIpc) is 3.79. The van der Waals surface area contributed by atoms with Gasteiger partial charge in [-0.25, -0.2) is 0 Å². The lowest BCUT2D eigenvalue weighted by Crippen LogP contribution is -1.81. The highest BCUT2D eigenvalue weighted by molar-refractivity contribution is 7.18. The van der Waals surface area contributed by atoms with Gasteiger partial charge in [0.15, 0.2) is 0 Å². The predicted molar refractivity (Wildman–Crippen MR) is 219 cm³/mol. The smallest absolute Gasteiger partial charge is 0.0350 e. The lowest BCUT2D eigenvalue weighted by atomic mass is 10.0. The molecule has 0 radical (unpaired) electrons. The zero-order chi connectivity index (χ0) is 34.0. The van der Waals surface area contributed by atoms with E-state index in [4.69, 9.17) is 0 Å². The summed E-state index contributed by atoms with van der Waals surface area (Å²) in [7, 11) is 0. The summed E-state index contributed by atoms with van der Waals surface area (Å²) >= 11 is 7.34. The van der Waals surface area contributed by atoms with Gasteiger partial charge in [-0.2, -0.15) is 0 Å². The lowest BCUT2D eigenvalue weighted by Gasteiger charge is -2.01. The number of hydrogen-bond acceptors (Lipinski definition) is 4. The molecule has 0 N–H and O–H groups in total. The molecule has 0 saturated heterocycles. The van der Waals surface area contributed by atoms with Gasteiger partial charge in [-0.1, -0.05) is 30.3 Å². The lowest BCUT2D eigenvalue weighted by molar-refractivity contribution is 1.37. The second-order valence-electron chi connectivity index (χ2n) is 12.9. The number of benzene rings is 4. The van der Waals surface area contributed by atoms with Gasteiger partial charge < -0.3 is 0 Å². The maximum Gasteiger partial charge on any atom is 0.0350 e. The molecule has 0 aliphatic rings. The minimum Gasteiger partial charge on any atom is -0.144 e. The van der Waals surface area contributed by atoms with Crippen molar-refractivity contribution in [2.24, 2.45) is 0 Å². The standard InChI is InChI=1S/3C11H12S.C10H10S/c1-7-4-10-9(3)6-12-11(10)5-8(7)2;1-7-4-8(2)11-9(3)6-12-10(11)5-7;1-7-4-5-10-11(9(7)3)8(2)6-12-10;1-7-3-4-9-8(2)6-11-10(9)5-7/h3*4-6H,1-3H3;3-6H,1-2H3. The Labute approximate surface area is 297 Å². The van der Waals surface area contributed by atoms with Crippen molar-refractivity contribution in [2.45, 2.75) is 76.2 Å². The fourth-order valence-corrected chi connectivity index (χ4v) is 10.2. The Balaban J connectivity index is 0.000000123. The summed E-state index contributed by atoms with van der Waals surface area (Å²) in [6.07, 6.45) is 0. The second kappa shape index (κ2) is 14.9. The molecule has 4 aromatic heterocycles. The molecular formula is C43H46S4. The normalized spacial score (nSPS) is 10.9. The molecule has 4 heteroatoms. The molecule has 4 heterocycles. The van der Waals surface area contributed by atoms with Gasteiger partial charge >= 0.3 is 0 Å². The number of hydrogen-bond donors (Lipinski definition) is 0. The van der Waals surface area contributed by atoms with Gasteiger partial charge in [0.1, 0.15) is 0 Å². The first-order valence-electron chi connectivity index (χ1n) is 16.1. The molecule has 0 aliphatic heterocycles. The highest BCUT2D eigenvalue weighted by atomic mass is 32.1. The minimum atomic E-state index is 1.35. The van der Waals surface area contributed by atoms with Crippen LogP contribution in [0.5, 0.6) is 0 Å². The van der Waals surface area contributed by atoms with E-state index in [1.807, 2.05) is 45.3 Å². The van der Waals surface area contributed by atoms with Gasteiger partial charge in [0.25, 0.3) is 0 Å². The molecule has 0 saturated carbocycles. The maximum atomic E-state index is 2.29. The molecule has 0 atom stereocenters. The zero-order valence-corrected chi connectivity index (χ0v) is 32.9. The largest absolute Gasteiger partial charge is 0.144 e. The summed E-state index contributed by atoms with van der Waals surface area (Å²) in [4.78, 5) is 0. The van der Waals surface area contributed by atoms with E-state index < -0.39 is 0 Å². The van der Waals surface area contributed by atoms with Crippen LogP contribution in [0.15, 0.2) is 76.1 Å². The van der Waals surface area contributed by atoms with E-state index in [0.717, 1.165) is 0 Å². The summed E-state index contributed by atoms with van der Waals surface area (Å²) in [5, 5.41) is 14.6. The van der Waals surface area contributed by atoms with E-state index in [0.29, 0.717) is 0 Å². The number of aryl methyl sites for hydroxylation is 11. The molecular weight excluding hydrogens is 645 g/mol. The van der Waals surface area contributed by atoms with E-state index in [1.54, 1.807) is 0 Å². The summed E-state index contributed by atoms with van der Waals surface area (Å²) in [6, 6.07) is 20.1. The van der Waals surface area contributed by atoms with Crippen molar-refractivity contribution < 1.29 is 0 Å². The van der Waals surface area contributed by atoms with Crippen LogP contribution in [0, 0.1) is 76.2 Å².